The van der Waals surface area contributed by atoms with Gasteiger partial charge < -0.3 is 25.0 Å². The maximum absolute atomic E-state index is 12.4. The zero-order chi connectivity index (χ0) is 19.3. The summed E-state index contributed by atoms with van der Waals surface area (Å²) < 4.78 is 1.84. The van der Waals surface area contributed by atoms with Gasteiger partial charge in [-0.25, -0.2) is 9.59 Å². The molecule has 9 heteroatoms. The highest BCUT2D eigenvalue weighted by Crippen LogP contribution is 2.12. The molecule has 2 rings (SSSR count). The first-order chi connectivity index (χ1) is 12.3. The first-order valence-electron chi connectivity index (χ1n) is 8.18. The van der Waals surface area contributed by atoms with Crippen LogP contribution in [0.1, 0.15) is 31.3 Å². The Morgan fingerprint density at radius 1 is 1.27 bits per heavy atom. The monoisotopic (exact) mass is 361 g/mol. The zero-order valence-electron chi connectivity index (χ0n) is 15.0. The van der Waals surface area contributed by atoms with Gasteiger partial charge >= 0.3 is 12.0 Å². The topological polar surface area (TPSA) is 121 Å². The van der Waals surface area contributed by atoms with Crippen molar-refractivity contribution in [2.75, 3.05) is 7.05 Å². The number of benzene rings is 1. The van der Waals surface area contributed by atoms with E-state index in [1.54, 1.807) is 25.5 Å². The van der Waals surface area contributed by atoms with Crippen LogP contribution in [0.5, 0.6) is 5.75 Å². The summed E-state index contributed by atoms with van der Waals surface area (Å²) in [6.45, 7) is 4.16. The number of aromatic hydroxyl groups is 1. The number of aromatic nitrogens is 3. The van der Waals surface area contributed by atoms with Crippen molar-refractivity contribution in [1.29, 1.82) is 0 Å². The molecule has 9 nitrogen and oxygen atoms in total. The third-order valence-electron chi connectivity index (χ3n) is 3.90. The number of nitrogens with zero attached hydrogens (tertiary/aromatic N) is 4. The molecule has 3 N–H and O–H groups in total. The second-order valence-electron chi connectivity index (χ2n) is 6.32. The quantitative estimate of drug-likeness (QED) is 0.685. The number of carbonyl (C=O) groups is 2. The molecular formula is C17H23N5O4. The van der Waals surface area contributed by atoms with Gasteiger partial charge in [-0.15, -0.1) is 10.2 Å². The summed E-state index contributed by atoms with van der Waals surface area (Å²) in [6.07, 6.45) is 1.70. The highest BCUT2D eigenvalue weighted by atomic mass is 16.4. The van der Waals surface area contributed by atoms with Gasteiger partial charge in [-0.3, -0.25) is 0 Å². The number of phenolic OH excluding ortho intramolecular Hbond substituents is 1. The highest BCUT2D eigenvalue weighted by molar-refractivity contribution is 5.82. The summed E-state index contributed by atoms with van der Waals surface area (Å²) in [6, 6.07) is 4.73. The van der Waals surface area contributed by atoms with E-state index >= 15 is 0 Å². The van der Waals surface area contributed by atoms with Crippen molar-refractivity contribution in [2.45, 2.75) is 38.9 Å². The fourth-order valence-corrected chi connectivity index (χ4v) is 2.42. The minimum Gasteiger partial charge on any atom is -0.508 e. The van der Waals surface area contributed by atoms with Crippen molar-refractivity contribution < 1.29 is 19.8 Å². The molecule has 0 saturated heterocycles. The second-order valence-corrected chi connectivity index (χ2v) is 6.32. The smallest absolute Gasteiger partial charge is 0.326 e. The molecule has 2 amide bonds. The molecule has 1 atom stereocenters. The molecule has 0 aliphatic rings. The van der Waals surface area contributed by atoms with Gasteiger partial charge in [-0.05, 0) is 31.5 Å². The molecule has 1 unspecified atom stereocenters. The van der Waals surface area contributed by atoms with Crippen LogP contribution in [0.25, 0.3) is 0 Å². The van der Waals surface area contributed by atoms with Gasteiger partial charge in [0.05, 0.1) is 6.54 Å². The van der Waals surface area contributed by atoms with E-state index in [1.807, 2.05) is 18.4 Å². The Kier molecular flexibility index (Phi) is 6.16. The Morgan fingerprint density at radius 3 is 2.50 bits per heavy atom. The van der Waals surface area contributed by atoms with E-state index in [4.69, 9.17) is 0 Å². The molecule has 0 aliphatic carbocycles. The summed E-state index contributed by atoms with van der Waals surface area (Å²) in [7, 11) is 1.56. The average molecular weight is 361 g/mol. The number of rotatable bonds is 7. The van der Waals surface area contributed by atoms with Crippen LogP contribution < -0.4 is 5.32 Å². The van der Waals surface area contributed by atoms with Crippen LogP contribution >= 0.6 is 0 Å². The van der Waals surface area contributed by atoms with Crippen molar-refractivity contribution in [3.05, 3.63) is 42.0 Å². The van der Waals surface area contributed by atoms with Gasteiger partial charge in [0.2, 0.25) is 0 Å². The van der Waals surface area contributed by atoms with Gasteiger partial charge in [-0.1, -0.05) is 12.1 Å². The minimum absolute atomic E-state index is 0.0960. The summed E-state index contributed by atoms with van der Waals surface area (Å²) in [5.74, 6) is -0.424. The predicted molar refractivity (Wildman–Crippen MR) is 93.6 cm³/mol. The summed E-state index contributed by atoms with van der Waals surface area (Å²) in [4.78, 5) is 25.2. The average Bonchev–Trinajstić information content (AvgIpc) is 3.04. The van der Waals surface area contributed by atoms with E-state index in [2.05, 4.69) is 15.5 Å². The molecule has 140 valence electrons. The lowest BCUT2D eigenvalue weighted by molar-refractivity contribution is -0.139. The highest BCUT2D eigenvalue weighted by Gasteiger charge is 2.23. The van der Waals surface area contributed by atoms with Crippen LogP contribution in [0, 0.1) is 0 Å². The predicted octanol–water partition coefficient (Wildman–Crippen LogP) is 1.40. The lowest BCUT2D eigenvalue weighted by Crippen LogP contribution is -2.47. The van der Waals surface area contributed by atoms with E-state index in [-0.39, 0.29) is 24.8 Å². The lowest BCUT2D eigenvalue weighted by atomic mass is 10.1. The number of phenols is 1. The van der Waals surface area contributed by atoms with Crippen molar-refractivity contribution in [3.63, 3.8) is 0 Å². The number of carbonyl (C=O) groups excluding carboxylic acids is 1. The van der Waals surface area contributed by atoms with E-state index in [1.165, 1.54) is 17.0 Å². The fraction of sp³-hybridized carbons (Fsp3) is 0.412. The van der Waals surface area contributed by atoms with Crippen LogP contribution in [-0.4, -0.2) is 55.0 Å². The molecular weight excluding hydrogens is 338 g/mol. The number of hydrogen-bond donors (Lipinski definition) is 3. The maximum Gasteiger partial charge on any atom is 0.326 e. The van der Waals surface area contributed by atoms with Crippen LogP contribution in [0.4, 0.5) is 4.79 Å². The zero-order valence-corrected chi connectivity index (χ0v) is 15.0. The van der Waals surface area contributed by atoms with Crippen molar-refractivity contribution in [2.24, 2.45) is 0 Å². The first kappa shape index (κ1) is 19.2. The van der Waals surface area contributed by atoms with Crippen LogP contribution in [-0.2, 0) is 17.8 Å². The number of carboxylic acid groups (broad SMARTS) is 1. The Bertz CT molecular complexity index is 757. The molecule has 26 heavy (non-hydrogen) atoms. The number of urea groups is 1. The van der Waals surface area contributed by atoms with Gasteiger partial charge in [0.15, 0.2) is 5.82 Å². The Labute approximate surface area is 151 Å². The van der Waals surface area contributed by atoms with Crippen molar-refractivity contribution >= 4 is 12.0 Å². The van der Waals surface area contributed by atoms with E-state index in [9.17, 15) is 19.8 Å². The van der Waals surface area contributed by atoms with Crippen LogP contribution in [0.2, 0.25) is 0 Å². The van der Waals surface area contributed by atoms with Crippen molar-refractivity contribution in [3.8, 4) is 5.75 Å². The number of nitrogens with one attached hydrogen (secondary N) is 1. The maximum atomic E-state index is 12.4. The third-order valence-corrected chi connectivity index (χ3v) is 3.90. The fourth-order valence-electron chi connectivity index (χ4n) is 2.42. The SMILES string of the molecule is CC(C)n1cnnc1CN(C)C(=O)NC(Cc1ccc(O)cc1)C(=O)O. The molecule has 0 fully saturated rings. The Balaban J connectivity index is 2.01. The number of hydrogen-bond acceptors (Lipinski definition) is 5. The standard InChI is InChI=1S/C17H23N5O4/c1-11(2)22-10-18-20-15(22)9-21(3)17(26)19-14(16(24)25)8-12-4-6-13(23)7-5-12/h4-7,10-11,14,23H,8-9H2,1-3H3,(H,19,26)(H,24,25). The van der Waals surface area contributed by atoms with Gasteiger partial charge in [-0.2, -0.15) is 0 Å². The third kappa shape index (κ3) is 4.95. The van der Waals surface area contributed by atoms with Gasteiger partial charge in [0.1, 0.15) is 18.1 Å². The minimum atomic E-state index is -1.13. The molecule has 1 aromatic heterocycles. The molecule has 0 saturated carbocycles. The Hall–Kier alpha value is -3.10. The van der Waals surface area contributed by atoms with Crippen LogP contribution in [0.15, 0.2) is 30.6 Å². The summed E-state index contributed by atoms with van der Waals surface area (Å²) >= 11 is 0. The molecule has 2 aromatic rings. The molecule has 0 aliphatic heterocycles. The normalized spacial score (nSPS) is 12.0. The Morgan fingerprint density at radius 2 is 1.92 bits per heavy atom. The molecule has 1 aromatic carbocycles. The largest absolute Gasteiger partial charge is 0.508 e. The second kappa shape index (κ2) is 8.32. The first-order valence-corrected chi connectivity index (χ1v) is 8.18. The number of aliphatic carboxylic acids is 1. The van der Waals surface area contributed by atoms with Gasteiger partial charge in [0, 0.05) is 19.5 Å². The van der Waals surface area contributed by atoms with E-state index in [0.717, 1.165) is 0 Å². The van der Waals surface area contributed by atoms with Crippen molar-refractivity contribution in [1.82, 2.24) is 25.0 Å². The molecule has 0 spiro atoms. The van der Waals surface area contributed by atoms with E-state index < -0.39 is 18.0 Å². The molecule has 1 heterocycles. The van der Waals surface area contributed by atoms with E-state index in [0.29, 0.717) is 11.4 Å². The number of carboxylic acids is 1. The van der Waals surface area contributed by atoms with Crippen LogP contribution in [0.3, 0.4) is 0 Å². The van der Waals surface area contributed by atoms with Gasteiger partial charge in [0.25, 0.3) is 0 Å². The summed E-state index contributed by atoms with van der Waals surface area (Å²) in [5, 5.41) is 29.0. The molecule has 0 radical (unpaired) electrons. The number of amides is 2. The summed E-state index contributed by atoms with van der Waals surface area (Å²) in [5.41, 5.74) is 0.692. The lowest BCUT2D eigenvalue weighted by Gasteiger charge is -2.22. The molecule has 0 bridgehead atoms.